The number of carbonyl (C=O) groups is 2. The summed E-state index contributed by atoms with van der Waals surface area (Å²) in [7, 11) is 0. The summed E-state index contributed by atoms with van der Waals surface area (Å²) in [6.45, 7) is 1.25. The third kappa shape index (κ3) is 4.66. The van der Waals surface area contributed by atoms with Gasteiger partial charge in [-0.2, -0.15) is 0 Å². The van der Waals surface area contributed by atoms with E-state index in [1.807, 2.05) is 24.3 Å². The van der Waals surface area contributed by atoms with Crippen LogP contribution in [0.5, 0.6) is 0 Å². The number of hydrogen-bond donors (Lipinski definition) is 2. The zero-order valence-electron chi connectivity index (χ0n) is 17.9. The Morgan fingerprint density at radius 1 is 1.12 bits per heavy atom. The molecule has 1 aliphatic carbocycles. The van der Waals surface area contributed by atoms with E-state index in [1.165, 1.54) is 4.90 Å². The molecule has 1 aliphatic heterocycles. The molecule has 1 saturated heterocycles. The van der Waals surface area contributed by atoms with E-state index in [-0.39, 0.29) is 30.9 Å². The molecule has 1 heterocycles. The molecule has 2 aromatic carbocycles. The van der Waals surface area contributed by atoms with E-state index in [9.17, 15) is 22.8 Å². The summed E-state index contributed by atoms with van der Waals surface area (Å²) in [4.78, 5) is 28.1. The maximum Gasteiger partial charge on any atom is 0.240 e. The van der Waals surface area contributed by atoms with Crippen molar-refractivity contribution in [2.75, 3.05) is 13.1 Å². The first-order valence-electron chi connectivity index (χ1n) is 11.0. The lowest BCUT2D eigenvalue weighted by Gasteiger charge is -2.41. The van der Waals surface area contributed by atoms with Gasteiger partial charge in [0.2, 0.25) is 11.8 Å². The highest BCUT2D eigenvalue weighted by Crippen LogP contribution is 2.51. The fourth-order valence-electron chi connectivity index (χ4n) is 4.68. The second kappa shape index (κ2) is 9.46. The van der Waals surface area contributed by atoms with Gasteiger partial charge >= 0.3 is 0 Å². The van der Waals surface area contributed by atoms with Gasteiger partial charge in [0.25, 0.3) is 0 Å². The van der Waals surface area contributed by atoms with Crippen molar-refractivity contribution in [1.29, 1.82) is 0 Å². The number of nitrogens with one attached hydrogen (secondary N) is 1. The first kappa shape index (κ1) is 23.8. The average Bonchev–Trinajstić information content (AvgIpc) is 3.61. The van der Waals surface area contributed by atoms with Crippen LogP contribution in [0.1, 0.15) is 36.8 Å². The molecule has 0 bridgehead atoms. The number of hydrogen-bond acceptors (Lipinski definition) is 3. The van der Waals surface area contributed by atoms with Gasteiger partial charge < -0.3 is 16.0 Å². The number of carbonyl (C=O) groups excluding carboxylic acids is 2. The highest BCUT2D eigenvalue weighted by molar-refractivity contribution is 9.10. The van der Waals surface area contributed by atoms with Crippen LogP contribution in [0.25, 0.3) is 0 Å². The molecule has 5 nitrogen and oxygen atoms in total. The quantitative estimate of drug-likeness (QED) is 0.544. The minimum atomic E-state index is -1.60. The average molecular weight is 524 g/mol. The van der Waals surface area contributed by atoms with Gasteiger partial charge in [-0.05, 0) is 56.0 Å². The van der Waals surface area contributed by atoms with Crippen LogP contribution in [0, 0.1) is 17.5 Å². The first-order chi connectivity index (χ1) is 15.7. The molecule has 0 radical (unpaired) electrons. The van der Waals surface area contributed by atoms with Crippen LogP contribution in [0.3, 0.4) is 0 Å². The molecule has 0 unspecified atom stereocenters. The van der Waals surface area contributed by atoms with E-state index in [1.54, 1.807) is 0 Å². The predicted molar refractivity (Wildman–Crippen MR) is 121 cm³/mol. The molecular weight excluding hydrogens is 499 g/mol. The smallest absolute Gasteiger partial charge is 0.240 e. The first-order valence-corrected chi connectivity index (χ1v) is 11.7. The van der Waals surface area contributed by atoms with E-state index in [2.05, 4.69) is 21.2 Å². The number of amides is 2. The molecule has 2 atom stereocenters. The molecule has 0 aromatic heterocycles. The minimum absolute atomic E-state index is 0.174. The standard InChI is InChI=1S/C24H25BrF3N3O2/c25-15-5-3-14(4-6-15)12-19(22(29)32)31(16-2-1-11-30-13-16)23(33)24(9-10-24)17-7-8-18(26)21(28)20(17)27/h3-8,16,19,30H,1-2,9-13H2,(H2,29,32)/t16-,19+/m1/s1. The molecule has 3 N–H and O–H groups in total. The summed E-state index contributed by atoms with van der Waals surface area (Å²) < 4.78 is 43.1. The minimum Gasteiger partial charge on any atom is -0.368 e. The van der Waals surface area contributed by atoms with Crippen LogP contribution >= 0.6 is 15.9 Å². The van der Waals surface area contributed by atoms with Crippen LogP contribution in [0.15, 0.2) is 40.9 Å². The zero-order valence-corrected chi connectivity index (χ0v) is 19.5. The molecule has 33 heavy (non-hydrogen) atoms. The fourth-order valence-corrected chi connectivity index (χ4v) is 4.94. The maximum atomic E-state index is 14.7. The van der Waals surface area contributed by atoms with Gasteiger partial charge in [-0.15, -0.1) is 0 Å². The van der Waals surface area contributed by atoms with Crippen molar-refractivity contribution in [1.82, 2.24) is 10.2 Å². The predicted octanol–water partition coefficient (Wildman–Crippen LogP) is 3.58. The summed E-state index contributed by atoms with van der Waals surface area (Å²) in [6, 6.07) is 8.01. The van der Waals surface area contributed by atoms with Crippen LogP contribution in [-0.4, -0.2) is 41.9 Å². The lowest BCUT2D eigenvalue weighted by Crippen LogP contribution is -2.60. The summed E-state index contributed by atoms with van der Waals surface area (Å²) in [5.41, 5.74) is 5.10. The number of halogens is 4. The van der Waals surface area contributed by atoms with Crippen molar-refractivity contribution in [2.45, 2.75) is 49.6 Å². The third-order valence-corrected chi connectivity index (χ3v) is 7.14. The monoisotopic (exact) mass is 523 g/mol. The molecule has 2 aliphatic rings. The Hall–Kier alpha value is -2.39. The number of benzene rings is 2. The number of rotatable bonds is 7. The van der Waals surface area contributed by atoms with E-state index < -0.39 is 40.7 Å². The highest BCUT2D eigenvalue weighted by Gasteiger charge is 2.57. The molecule has 2 aromatic rings. The topological polar surface area (TPSA) is 75.4 Å². The molecule has 0 spiro atoms. The molecular formula is C24H25BrF3N3O2. The molecule has 4 rings (SSSR count). The molecule has 2 amide bonds. The van der Waals surface area contributed by atoms with Gasteiger partial charge in [0.15, 0.2) is 17.5 Å². The van der Waals surface area contributed by atoms with Crippen molar-refractivity contribution in [2.24, 2.45) is 5.73 Å². The van der Waals surface area contributed by atoms with Crippen molar-refractivity contribution in [3.63, 3.8) is 0 Å². The summed E-state index contributed by atoms with van der Waals surface area (Å²) in [5.74, 6) is -5.40. The summed E-state index contributed by atoms with van der Waals surface area (Å²) in [6.07, 6.45) is 2.22. The van der Waals surface area contributed by atoms with Gasteiger partial charge in [-0.25, -0.2) is 13.2 Å². The SMILES string of the molecule is NC(=O)[C@H](Cc1ccc(Br)cc1)N(C(=O)C1(c2ccc(F)c(F)c2F)CC1)[C@@H]1CCCNC1. The largest absolute Gasteiger partial charge is 0.368 e. The van der Waals surface area contributed by atoms with Crippen molar-refractivity contribution >= 4 is 27.7 Å². The van der Waals surface area contributed by atoms with Crippen LogP contribution in [-0.2, 0) is 21.4 Å². The molecule has 176 valence electrons. The zero-order chi connectivity index (χ0) is 23.8. The second-order valence-electron chi connectivity index (χ2n) is 8.77. The van der Waals surface area contributed by atoms with E-state index in [0.29, 0.717) is 13.0 Å². The Labute approximate surface area is 198 Å². The summed E-state index contributed by atoms with van der Waals surface area (Å²) in [5, 5.41) is 3.24. The lowest BCUT2D eigenvalue weighted by molar-refractivity contribution is -0.145. The summed E-state index contributed by atoms with van der Waals surface area (Å²) >= 11 is 3.38. The van der Waals surface area contributed by atoms with Crippen molar-refractivity contribution in [3.05, 3.63) is 69.4 Å². The fraction of sp³-hybridized carbons (Fsp3) is 0.417. The van der Waals surface area contributed by atoms with Gasteiger partial charge in [-0.3, -0.25) is 9.59 Å². The van der Waals surface area contributed by atoms with Crippen LogP contribution < -0.4 is 11.1 Å². The molecule has 1 saturated carbocycles. The van der Waals surface area contributed by atoms with E-state index in [4.69, 9.17) is 5.73 Å². The number of nitrogens with zero attached hydrogens (tertiary/aromatic N) is 1. The van der Waals surface area contributed by atoms with E-state index in [0.717, 1.165) is 35.1 Å². The van der Waals surface area contributed by atoms with Gasteiger partial charge in [-0.1, -0.05) is 34.1 Å². The Balaban J connectivity index is 1.73. The van der Waals surface area contributed by atoms with Gasteiger partial charge in [0.1, 0.15) is 6.04 Å². The number of primary amides is 1. The lowest BCUT2D eigenvalue weighted by atomic mass is 9.90. The van der Waals surface area contributed by atoms with Crippen LogP contribution in [0.4, 0.5) is 13.2 Å². The maximum absolute atomic E-state index is 14.7. The van der Waals surface area contributed by atoms with Crippen molar-refractivity contribution < 1.29 is 22.8 Å². The van der Waals surface area contributed by atoms with Crippen LogP contribution in [0.2, 0.25) is 0 Å². The molecule has 9 heteroatoms. The van der Waals surface area contributed by atoms with E-state index >= 15 is 0 Å². The van der Waals surface area contributed by atoms with Gasteiger partial charge in [0, 0.05) is 29.0 Å². The number of nitrogens with two attached hydrogens (primary N) is 1. The molecule has 2 fully saturated rings. The number of piperidine rings is 1. The normalized spacial score (nSPS) is 20.2. The van der Waals surface area contributed by atoms with Crippen molar-refractivity contribution in [3.8, 4) is 0 Å². The van der Waals surface area contributed by atoms with Gasteiger partial charge in [0.05, 0.1) is 5.41 Å². The Kier molecular flexibility index (Phi) is 6.81. The second-order valence-corrected chi connectivity index (χ2v) is 9.68. The third-order valence-electron chi connectivity index (χ3n) is 6.62. The Bertz CT molecular complexity index is 1050. The highest BCUT2D eigenvalue weighted by atomic mass is 79.9. The Morgan fingerprint density at radius 3 is 2.39 bits per heavy atom. The Morgan fingerprint density at radius 2 is 1.82 bits per heavy atom.